The molecule has 0 bridgehead atoms. The fourth-order valence-corrected chi connectivity index (χ4v) is 2.18. The van der Waals surface area contributed by atoms with Crippen molar-refractivity contribution in [2.45, 2.75) is 20.4 Å². The zero-order chi connectivity index (χ0) is 15.6. The van der Waals surface area contributed by atoms with Gasteiger partial charge in [0.15, 0.2) is 0 Å². The summed E-state index contributed by atoms with van der Waals surface area (Å²) in [5, 5.41) is 2.71. The molecule has 0 unspecified atom stereocenters. The van der Waals surface area contributed by atoms with E-state index in [4.69, 9.17) is 5.73 Å². The Labute approximate surface area is 130 Å². The number of carbonyl (C=O) groups is 1. The maximum absolute atomic E-state index is 12.0. The van der Waals surface area contributed by atoms with Crippen LogP contribution in [0.25, 0.3) is 0 Å². The second kappa shape index (κ2) is 6.09. The molecule has 0 aliphatic rings. The first-order chi connectivity index (χ1) is 9.88. The fraction of sp³-hybridized carbons (Fsp3) is 0.214. The molecule has 0 spiro atoms. The predicted octanol–water partition coefficient (Wildman–Crippen LogP) is 1.84. The average Bonchev–Trinajstić information content (AvgIpc) is 2.44. The number of hydrogen-bond acceptors (Lipinski definition) is 4. The van der Waals surface area contributed by atoms with E-state index >= 15 is 0 Å². The van der Waals surface area contributed by atoms with Gasteiger partial charge >= 0.3 is 5.69 Å². The summed E-state index contributed by atoms with van der Waals surface area (Å²) in [6.07, 6.45) is 0. The van der Waals surface area contributed by atoms with Gasteiger partial charge in [0.1, 0.15) is 6.54 Å². The van der Waals surface area contributed by atoms with Crippen molar-refractivity contribution in [2.75, 3.05) is 11.1 Å². The van der Waals surface area contributed by atoms with Gasteiger partial charge in [0, 0.05) is 17.1 Å². The molecule has 2 rings (SSSR count). The van der Waals surface area contributed by atoms with Crippen LogP contribution in [0.15, 0.2) is 33.5 Å². The van der Waals surface area contributed by atoms with Crippen molar-refractivity contribution >= 4 is 33.2 Å². The van der Waals surface area contributed by atoms with Gasteiger partial charge < -0.3 is 11.1 Å². The van der Waals surface area contributed by atoms with Crippen molar-refractivity contribution in [1.82, 2.24) is 9.55 Å². The van der Waals surface area contributed by atoms with Gasteiger partial charge in [-0.25, -0.2) is 4.79 Å². The van der Waals surface area contributed by atoms with E-state index in [1.165, 1.54) is 4.57 Å². The Kier molecular flexibility index (Phi) is 4.42. The van der Waals surface area contributed by atoms with Crippen LogP contribution >= 0.6 is 15.9 Å². The molecule has 0 radical (unpaired) electrons. The molecular weight excluding hydrogens is 336 g/mol. The maximum Gasteiger partial charge on any atom is 0.348 e. The van der Waals surface area contributed by atoms with Crippen LogP contribution in [0.5, 0.6) is 0 Å². The molecule has 0 fully saturated rings. The van der Waals surface area contributed by atoms with E-state index in [1.807, 2.05) is 0 Å². The summed E-state index contributed by atoms with van der Waals surface area (Å²) in [5.74, 6) is -0.303. The van der Waals surface area contributed by atoms with Gasteiger partial charge in [-0.15, -0.1) is 0 Å². The number of rotatable bonds is 3. The minimum atomic E-state index is -0.444. The lowest BCUT2D eigenvalue weighted by Gasteiger charge is -2.12. The quantitative estimate of drug-likeness (QED) is 0.826. The van der Waals surface area contributed by atoms with E-state index in [1.54, 1.807) is 38.1 Å². The van der Waals surface area contributed by atoms with E-state index in [0.717, 1.165) is 4.47 Å². The monoisotopic (exact) mass is 350 g/mol. The van der Waals surface area contributed by atoms with Crippen LogP contribution < -0.4 is 16.7 Å². The van der Waals surface area contributed by atoms with Crippen LogP contribution in [-0.2, 0) is 11.3 Å². The molecule has 1 heterocycles. The molecule has 0 atom stereocenters. The highest BCUT2D eigenvalue weighted by atomic mass is 79.9. The topological polar surface area (TPSA) is 90.0 Å². The first-order valence-corrected chi connectivity index (χ1v) is 7.06. The molecule has 0 aliphatic heterocycles. The standard InChI is InChI=1S/C14H15BrN4O2/c1-8-13(15)9(2)19(14(21)17-8)7-12(20)18-11-5-3-10(16)4-6-11/h3-6H,7,16H2,1-2H3,(H,18,20). The summed E-state index contributed by atoms with van der Waals surface area (Å²) in [4.78, 5) is 27.8. The molecule has 0 saturated heterocycles. The summed E-state index contributed by atoms with van der Waals surface area (Å²) in [5.41, 5.74) is 7.65. The number of nitrogens with two attached hydrogens (primary N) is 1. The number of hydrogen-bond donors (Lipinski definition) is 2. The van der Waals surface area contributed by atoms with Gasteiger partial charge in [-0.05, 0) is 54.0 Å². The number of benzene rings is 1. The van der Waals surface area contributed by atoms with E-state index < -0.39 is 5.69 Å². The Hall–Kier alpha value is -2.15. The molecule has 1 amide bonds. The number of nitrogen functional groups attached to an aromatic ring is 1. The normalized spacial score (nSPS) is 10.4. The third kappa shape index (κ3) is 3.49. The third-order valence-corrected chi connectivity index (χ3v) is 4.18. The minimum absolute atomic E-state index is 0.0963. The fourth-order valence-electron chi connectivity index (χ4n) is 1.87. The predicted molar refractivity (Wildman–Crippen MR) is 85.2 cm³/mol. The van der Waals surface area contributed by atoms with E-state index in [0.29, 0.717) is 22.8 Å². The summed E-state index contributed by atoms with van der Waals surface area (Å²) in [7, 11) is 0. The Bertz CT molecular complexity index is 738. The Morgan fingerprint density at radius 2 is 1.95 bits per heavy atom. The number of amides is 1. The van der Waals surface area contributed by atoms with Crippen LogP contribution in [0.3, 0.4) is 0 Å². The van der Waals surface area contributed by atoms with Gasteiger partial charge in [-0.3, -0.25) is 9.36 Å². The molecule has 6 nitrogen and oxygen atoms in total. The molecule has 0 saturated carbocycles. The molecule has 21 heavy (non-hydrogen) atoms. The zero-order valence-electron chi connectivity index (χ0n) is 11.7. The lowest BCUT2D eigenvalue weighted by atomic mass is 10.3. The first kappa shape index (κ1) is 15.2. The van der Waals surface area contributed by atoms with Gasteiger partial charge in [0.2, 0.25) is 5.91 Å². The summed E-state index contributed by atoms with van der Waals surface area (Å²) in [6, 6.07) is 6.78. The van der Waals surface area contributed by atoms with Crippen molar-refractivity contribution < 1.29 is 4.79 Å². The van der Waals surface area contributed by atoms with Crippen molar-refractivity contribution in [3.05, 3.63) is 50.6 Å². The van der Waals surface area contributed by atoms with Crippen molar-refractivity contribution in [1.29, 1.82) is 0 Å². The molecule has 1 aromatic carbocycles. The number of halogens is 1. The molecule has 7 heteroatoms. The third-order valence-electron chi connectivity index (χ3n) is 3.03. The van der Waals surface area contributed by atoms with Crippen LogP contribution in [-0.4, -0.2) is 15.5 Å². The smallest absolute Gasteiger partial charge is 0.348 e. The van der Waals surface area contributed by atoms with Gasteiger partial charge in [-0.1, -0.05) is 0 Å². The molecular formula is C14H15BrN4O2. The maximum atomic E-state index is 12.0. The lowest BCUT2D eigenvalue weighted by molar-refractivity contribution is -0.116. The Balaban J connectivity index is 2.19. The first-order valence-electron chi connectivity index (χ1n) is 6.27. The highest BCUT2D eigenvalue weighted by molar-refractivity contribution is 9.10. The second-order valence-electron chi connectivity index (χ2n) is 4.64. The van der Waals surface area contributed by atoms with E-state index in [9.17, 15) is 9.59 Å². The van der Waals surface area contributed by atoms with Gasteiger partial charge in [0.05, 0.1) is 10.2 Å². The van der Waals surface area contributed by atoms with Gasteiger partial charge in [0.25, 0.3) is 0 Å². The molecule has 2 aromatic rings. The summed E-state index contributed by atoms with van der Waals surface area (Å²) >= 11 is 3.36. The number of aromatic nitrogens is 2. The number of nitrogens with zero attached hydrogens (tertiary/aromatic N) is 2. The molecule has 3 N–H and O–H groups in total. The second-order valence-corrected chi connectivity index (χ2v) is 5.43. The van der Waals surface area contributed by atoms with Crippen LogP contribution in [0, 0.1) is 13.8 Å². The lowest BCUT2D eigenvalue weighted by Crippen LogP contribution is -2.31. The van der Waals surface area contributed by atoms with Crippen molar-refractivity contribution in [2.24, 2.45) is 0 Å². The molecule has 110 valence electrons. The number of carbonyl (C=O) groups excluding carboxylic acids is 1. The number of aryl methyl sites for hydroxylation is 1. The molecule has 1 aromatic heterocycles. The summed E-state index contributed by atoms with van der Waals surface area (Å²) in [6.45, 7) is 3.40. The van der Waals surface area contributed by atoms with Crippen LogP contribution in [0.2, 0.25) is 0 Å². The van der Waals surface area contributed by atoms with E-state index in [-0.39, 0.29) is 12.5 Å². The van der Waals surface area contributed by atoms with Crippen molar-refractivity contribution in [3.63, 3.8) is 0 Å². The van der Waals surface area contributed by atoms with Crippen molar-refractivity contribution in [3.8, 4) is 0 Å². The van der Waals surface area contributed by atoms with E-state index in [2.05, 4.69) is 26.2 Å². The highest BCUT2D eigenvalue weighted by Crippen LogP contribution is 2.17. The zero-order valence-corrected chi connectivity index (χ0v) is 13.3. The largest absolute Gasteiger partial charge is 0.399 e. The SMILES string of the molecule is Cc1nc(=O)n(CC(=O)Nc2ccc(N)cc2)c(C)c1Br. The summed E-state index contributed by atoms with van der Waals surface area (Å²) < 4.78 is 2.05. The minimum Gasteiger partial charge on any atom is -0.399 e. The highest BCUT2D eigenvalue weighted by Gasteiger charge is 2.12. The van der Waals surface area contributed by atoms with Crippen LogP contribution in [0.1, 0.15) is 11.4 Å². The Morgan fingerprint density at radius 1 is 1.33 bits per heavy atom. The average molecular weight is 351 g/mol. The number of nitrogens with one attached hydrogen (secondary N) is 1. The molecule has 0 aliphatic carbocycles. The Morgan fingerprint density at radius 3 is 2.57 bits per heavy atom. The van der Waals surface area contributed by atoms with Crippen LogP contribution in [0.4, 0.5) is 11.4 Å². The number of anilines is 2. The van der Waals surface area contributed by atoms with Gasteiger partial charge in [-0.2, -0.15) is 4.98 Å².